The molecule has 0 aromatic heterocycles. The average Bonchev–Trinajstić information content (AvgIpc) is 2.69. The molecule has 1 aliphatic carbocycles. The number of benzene rings is 2. The zero-order valence-corrected chi connectivity index (χ0v) is 15.2. The zero-order chi connectivity index (χ0) is 18.9. The lowest BCUT2D eigenvalue weighted by Gasteiger charge is -2.53. The molecule has 4 atom stereocenters. The number of fused-ring (bicyclic) bond motifs is 4. The summed E-state index contributed by atoms with van der Waals surface area (Å²) in [7, 11) is 0. The zero-order valence-electron chi connectivity index (χ0n) is 15.2. The molecule has 4 heteroatoms. The summed E-state index contributed by atoms with van der Waals surface area (Å²) in [5.74, 6) is -0.437. The van der Waals surface area contributed by atoms with Crippen molar-refractivity contribution in [1.82, 2.24) is 0 Å². The van der Waals surface area contributed by atoms with Gasteiger partial charge in [0.15, 0.2) is 0 Å². The van der Waals surface area contributed by atoms with Crippen molar-refractivity contribution in [3.63, 3.8) is 0 Å². The van der Waals surface area contributed by atoms with Crippen LogP contribution in [-0.2, 0) is 27.1 Å². The van der Waals surface area contributed by atoms with Gasteiger partial charge in [-0.1, -0.05) is 61.2 Å². The molecule has 2 aromatic rings. The van der Waals surface area contributed by atoms with Crippen molar-refractivity contribution in [1.29, 1.82) is 0 Å². The van der Waals surface area contributed by atoms with E-state index >= 15 is 0 Å². The first-order valence-electron chi connectivity index (χ1n) is 9.36. The molecule has 1 fully saturated rings. The Bertz CT molecular complexity index is 831. The first-order chi connectivity index (χ1) is 13.1. The van der Waals surface area contributed by atoms with Crippen molar-refractivity contribution in [3.05, 3.63) is 83.9 Å². The van der Waals surface area contributed by atoms with E-state index < -0.39 is 12.1 Å². The SMILES string of the molecule is C=CC(=O)OC1C2OC(CO)CC1(Cc1ccccc1)Cc1ccccc12. The minimum Gasteiger partial charge on any atom is -0.455 e. The lowest BCUT2D eigenvalue weighted by Crippen LogP contribution is -2.56. The molecule has 4 nitrogen and oxygen atoms in total. The Morgan fingerprint density at radius 2 is 1.96 bits per heavy atom. The van der Waals surface area contributed by atoms with Crippen LogP contribution in [-0.4, -0.2) is 29.9 Å². The quantitative estimate of drug-likeness (QED) is 0.653. The molecule has 1 aliphatic heterocycles. The number of carbonyl (C=O) groups excluding carboxylic acids is 1. The number of aliphatic hydroxyl groups excluding tert-OH is 1. The smallest absolute Gasteiger partial charge is 0.330 e. The number of rotatable bonds is 5. The lowest BCUT2D eigenvalue weighted by atomic mass is 9.61. The van der Waals surface area contributed by atoms with Gasteiger partial charge in [-0.05, 0) is 36.0 Å². The molecule has 2 aliphatic rings. The van der Waals surface area contributed by atoms with Crippen LogP contribution < -0.4 is 0 Å². The predicted molar refractivity (Wildman–Crippen MR) is 102 cm³/mol. The van der Waals surface area contributed by atoms with E-state index in [9.17, 15) is 9.90 Å². The van der Waals surface area contributed by atoms with Crippen LogP contribution in [0.25, 0.3) is 0 Å². The van der Waals surface area contributed by atoms with E-state index in [0.29, 0.717) is 6.42 Å². The van der Waals surface area contributed by atoms with Gasteiger partial charge in [0.1, 0.15) is 12.2 Å². The Morgan fingerprint density at radius 3 is 2.70 bits per heavy atom. The third-order valence-corrected chi connectivity index (χ3v) is 5.77. The van der Waals surface area contributed by atoms with Crippen molar-refractivity contribution >= 4 is 5.97 Å². The number of esters is 1. The van der Waals surface area contributed by atoms with Gasteiger partial charge in [0.05, 0.1) is 12.7 Å². The molecule has 27 heavy (non-hydrogen) atoms. The Labute approximate surface area is 159 Å². The fourth-order valence-corrected chi connectivity index (χ4v) is 4.68. The van der Waals surface area contributed by atoms with Gasteiger partial charge in [-0.2, -0.15) is 0 Å². The summed E-state index contributed by atoms with van der Waals surface area (Å²) in [6, 6.07) is 18.4. The molecule has 4 rings (SSSR count). The maximum absolute atomic E-state index is 12.1. The fourth-order valence-electron chi connectivity index (χ4n) is 4.68. The molecule has 1 heterocycles. The molecular weight excluding hydrogens is 340 g/mol. The molecule has 0 saturated carbocycles. The Kier molecular flexibility index (Phi) is 4.85. The molecule has 140 valence electrons. The second-order valence-corrected chi connectivity index (χ2v) is 7.53. The second-order valence-electron chi connectivity index (χ2n) is 7.53. The number of hydrogen-bond donors (Lipinski definition) is 1. The van der Waals surface area contributed by atoms with Gasteiger partial charge in [0.2, 0.25) is 0 Å². The Morgan fingerprint density at radius 1 is 1.22 bits per heavy atom. The maximum atomic E-state index is 12.1. The molecule has 2 aromatic carbocycles. The van der Waals surface area contributed by atoms with Crippen LogP contribution in [0.4, 0.5) is 0 Å². The van der Waals surface area contributed by atoms with E-state index in [1.54, 1.807) is 0 Å². The van der Waals surface area contributed by atoms with Crippen molar-refractivity contribution in [2.45, 2.75) is 37.6 Å². The molecular formula is C23H24O4. The first kappa shape index (κ1) is 18.0. The highest BCUT2D eigenvalue weighted by molar-refractivity contribution is 5.81. The molecule has 0 spiro atoms. The molecule has 0 amide bonds. The van der Waals surface area contributed by atoms with Crippen LogP contribution in [0.3, 0.4) is 0 Å². The van der Waals surface area contributed by atoms with Crippen LogP contribution in [0.5, 0.6) is 0 Å². The van der Waals surface area contributed by atoms with Crippen molar-refractivity contribution in [3.8, 4) is 0 Å². The van der Waals surface area contributed by atoms with Gasteiger partial charge < -0.3 is 14.6 Å². The van der Waals surface area contributed by atoms with E-state index in [2.05, 4.69) is 24.8 Å². The van der Waals surface area contributed by atoms with Gasteiger partial charge in [-0.25, -0.2) is 4.79 Å². The van der Waals surface area contributed by atoms with Gasteiger partial charge in [-0.15, -0.1) is 0 Å². The largest absolute Gasteiger partial charge is 0.455 e. The third-order valence-electron chi connectivity index (χ3n) is 5.77. The van der Waals surface area contributed by atoms with E-state index in [4.69, 9.17) is 9.47 Å². The summed E-state index contributed by atoms with van der Waals surface area (Å²) in [5, 5.41) is 9.84. The minimum atomic E-state index is -0.437. The Balaban J connectivity index is 1.81. The van der Waals surface area contributed by atoms with Gasteiger partial charge in [-0.3, -0.25) is 0 Å². The fraction of sp³-hybridized carbons (Fsp3) is 0.348. The van der Waals surface area contributed by atoms with Crippen LogP contribution >= 0.6 is 0 Å². The third kappa shape index (κ3) is 3.31. The van der Waals surface area contributed by atoms with Crippen molar-refractivity contribution in [2.24, 2.45) is 5.41 Å². The van der Waals surface area contributed by atoms with Crippen molar-refractivity contribution in [2.75, 3.05) is 6.61 Å². The summed E-state index contributed by atoms with van der Waals surface area (Å²) in [6.45, 7) is 3.50. The maximum Gasteiger partial charge on any atom is 0.330 e. The molecule has 0 radical (unpaired) electrons. The highest BCUT2D eigenvalue weighted by atomic mass is 16.6. The normalized spacial score (nSPS) is 28.9. The number of ether oxygens (including phenoxy) is 2. The summed E-state index contributed by atoms with van der Waals surface area (Å²) in [6.07, 6.45) is 2.31. The summed E-state index contributed by atoms with van der Waals surface area (Å²) >= 11 is 0. The molecule has 4 unspecified atom stereocenters. The highest BCUT2D eigenvalue weighted by Crippen LogP contribution is 2.53. The first-order valence-corrected chi connectivity index (χ1v) is 9.36. The molecule has 1 N–H and O–H groups in total. The Hall–Kier alpha value is -2.43. The monoisotopic (exact) mass is 364 g/mol. The minimum absolute atomic E-state index is 0.0443. The van der Waals surface area contributed by atoms with Crippen LogP contribution in [0.1, 0.15) is 29.2 Å². The standard InChI is InChI=1S/C23H24O4/c1-2-20(25)27-22-21-19-11-7-6-10-17(19)13-23(22,14-18(15-24)26-21)12-16-8-4-3-5-9-16/h2-11,18,21-22,24H,1,12-15H2. The topological polar surface area (TPSA) is 55.8 Å². The van der Waals surface area contributed by atoms with E-state index in [0.717, 1.165) is 18.4 Å². The molecule has 1 saturated heterocycles. The van der Waals surface area contributed by atoms with Crippen LogP contribution in [0.2, 0.25) is 0 Å². The highest BCUT2D eigenvalue weighted by Gasteiger charge is 2.55. The van der Waals surface area contributed by atoms with Crippen molar-refractivity contribution < 1.29 is 19.4 Å². The summed E-state index contributed by atoms with van der Waals surface area (Å²) in [5.41, 5.74) is 3.13. The van der Waals surface area contributed by atoms with E-state index in [-0.39, 0.29) is 24.2 Å². The number of carbonyl (C=O) groups is 1. The molecule has 2 bridgehead atoms. The predicted octanol–water partition coefficient (Wildman–Crippen LogP) is 3.39. The van der Waals surface area contributed by atoms with Gasteiger partial charge in [0, 0.05) is 11.5 Å². The average molecular weight is 364 g/mol. The van der Waals surface area contributed by atoms with Gasteiger partial charge in [0.25, 0.3) is 0 Å². The second kappa shape index (κ2) is 7.29. The van der Waals surface area contributed by atoms with Crippen LogP contribution in [0.15, 0.2) is 67.3 Å². The van der Waals surface area contributed by atoms with E-state index in [1.165, 1.54) is 17.2 Å². The van der Waals surface area contributed by atoms with Gasteiger partial charge >= 0.3 is 5.97 Å². The summed E-state index contributed by atoms with van der Waals surface area (Å²) in [4.78, 5) is 12.1. The van der Waals surface area contributed by atoms with E-state index in [1.807, 2.05) is 36.4 Å². The number of aliphatic hydroxyl groups is 1. The van der Waals surface area contributed by atoms with Crippen LogP contribution in [0, 0.1) is 5.41 Å². The summed E-state index contributed by atoms with van der Waals surface area (Å²) < 4.78 is 12.1. The lowest BCUT2D eigenvalue weighted by molar-refractivity contribution is -0.216. The number of hydrogen-bond acceptors (Lipinski definition) is 4.